The quantitative estimate of drug-likeness (QED) is 0.202. The zero-order chi connectivity index (χ0) is 22.0. The summed E-state index contributed by atoms with van der Waals surface area (Å²) >= 11 is 6.02. The van der Waals surface area contributed by atoms with E-state index in [1.54, 1.807) is 0 Å². The summed E-state index contributed by atoms with van der Waals surface area (Å²) in [5.74, 6) is 0. The lowest BCUT2D eigenvalue weighted by molar-refractivity contribution is 0.372. The predicted octanol–water partition coefficient (Wildman–Crippen LogP) is 6.72. The zero-order valence-corrected chi connectivity index (χ0v) is 24.6. The van der Waals surface area contributed by atoms with Crippen molar-refractivity contribution in [2.75, 3.05) is 26.2 Å². The van der Waals surface area contributed by atoms with Crippen LogP contribution in [0.5, 0.6) is 0 Å². The molecule has 0 radical (unpaired) electrons. The molecule has 0 aliphatic heterocycles. The van der Waals surface area contributed by atoms with Crippen molar-refractivity contribution in [3.63, 3.8) is 0 Å². The molecule has 4 rings (SSSR count). The van der Waals surface area contributed by atoms with Crippen molar-refractivity contribution < 1.29 is 0 Å². The van der Waals surface area contributed by atoms with E-state index in [-0.39, 0.29) is 49.6 Å². The molecular formula is C26H40Cl5N5. The summed E-state index contributed by atoms with van der Waals surface area (Å²) in [4.78, 5) is 4.77. The third-order valence-corrected chi connectivity index (χ3v) is 6.57. The van der Waals surface area contributed by atoms with E-state index in [1.165, 1.54) is 50.6 Å². The lowest BCUT2D eigenvalue weighted by Gasteiger charge is -2.22. The van der Waals surface area contributed by atoms with Crippen molar-refractivity contribution in [3.8, 4) is 11.3 Å². The number of rotatable bonds is 12. The summed E-state index contributed by atoms with van der Waals surface area (Å²) in [5.41, 5.74) is 4.25. The van der Waals surface area contributed by atoms with Crippen LogP contribution in [0.25, 0.3) is 16.9 Å². The summed E-state index contributed by atoms with van der Waals surface area (Å²) in [5, 5.41) is 11.6. The van der Waals surface area contributed by atoms with Crippen LogP contribution in [0.4, 0.5) is 0 Å². The highest BCUT2D eigenvalue weighted by Crippen LogP contribution is 2.22. The molecule has 0 saturated heterocycles. The van der Waals surface area contributed by atoms with Gasteiger partial charge in [0.1, 0.15) is 5.65 Å². The van der Waals surface area contributed by atoms with Gasteiger partial charge in [-0.2, -0.15) is 0 Å². The van der Waals surface area contributed by atoms with Gasteiger partial charge in [0.15, 0.2) is 0 Å². The minimum Gasteiger partial charge on any atom is -0.315 e. The number of benzene rings is 1. The minimum absolute atomic E-state index is 0. The highest BCUT2D eigenvalue weighted by Gasteiger charge is 2.11. The van der Waals surface area contributed by atoms with Crippen LogP contribution in [0, 0.1) is 0 Å². The molecule has 0 bridgehead atoms. The molecule has 0 atom stereocenters. The average Bonchev–Trinajstić information content (AvgIpc) is 3.26. The van der Waals surface area contributed by atoms with E-state index in [2.05, 4.69) is 44.7 Å². The van der Waals surface area contributed by atoms with Gasteiger partial charge in [0.05, 0.1) is 5.69 Å². The van der Waals surface area contributed by atoms with Crippen molar-refractivity contribution in [3.05, 3.63) is 59.4 Å². The number of nitrogens with one attached hydrogen (secondary N) is 3. The molecule has 1 saturated carbocycles. The summed E-state index contributed by atoms with van der Waals surface area (Å²) in [7, 11) is 0. The van der Waals surface area contributed by atoms with Crippen LogP contribution < -0.4 is 16.0 Å². The van der Waals surface area contributed by atoms with E-state index in [9.17, 15) is 0 Å². The fraction of sp³-hybridized carbons (Fsp3) is 0.500. The van der Waals surface area contributed by atoms with E-state index in [1.807, 2.05) is 24.3 Å². The smallest absolute Gasteiger partial charge is 0.137 e. The normalized spacial score (nSPS) is 13.2. The van der Waals surface area contributed by atoms with E-state index >= 15 is 0 Å². The molecule has 1 aliphatic carbocycles. The van der Waals surface area contributed by atoms with Crippen molar-refractivity contribution in [2.45, 2.75) is 57.5 Å². The van der Waals surface area contributed by atoms with Crippen LogP contribution in [0.3, 0.4) is 0 Å². The van der Waals surface area contributed by atoms with Gasteiger partial charge in [0.25, 0.3) is 0 Å². The number of hydrogen-bond acceptors (Lipinski definition) is 4. The lowest BCUT2D eigenvalue weighted by Crippen LogP contribution is -2.36. The number of halogens is 5. The Kier molecular flexibility index (Phi) is 18.9. The van der Waals surface area contributed by atoms with Crippen molar-refractivity contribution in [1.82, 2.24) is 25.3 Å². The van der Waals surface area contributed by atoms with Gasteiger partial charge < -0.3 is 20.4 Å². The first-order valence-corrected chi connectivity index (χ1v) is 12.6. The molecule has 2 aromatic heterocycles. The van der Waals surface area contributed by atoms with Crippen LogP contribution in [-0.2, 0) is 6.54 Å². The minimum atomic E-state index is 0. The number of aromatic nitrogens is 2. The van der Waals surface area contributed by atoms with Crippen LogP contribution in [0.2, 0.25) is 5.02 Å². The Labute approximate surface area is 245 Å². The second kappa shape index (κ2) is 19.3. The molecule has 1 fully saturated rings. The Balaban J connectivity index is 0.00000306. The maximum Gasteiger partial charge on any atom is 0.137 e. The Bertz CT molecular complexity index is 961. The standard InChI is InChI=1S/C26H36ClN5.4ClH/c27-22-13-11-21(12-14-22)25-20-32-24(9-6-10-26(32)31-25)19-29-16-5-4-15-28-17-18-30-23-7-2-1-3-8-23;;;;/h6,9-14,20,23,28-30H,1-5,7-8,15-19H2;4*1H. The fourth-order valence-corrected chi connectivity index (χ4v) is 4.61. The van der Waals surface area contributed by atoms with Crippen molar-refractivity contribution in [2.24, 2.45) is 0 Å². The first kappa shape index (κ1) is 35.2. The molecule has 3 N–H and O–H groups in total. The zero-order valence-electron chi connectivity index (χ0n) is 20.6. The number of fused-ring (bicyclic) bond motifs is 1. The number of hydrogen-bond donors (Lipinski definition) is 3. The summed E-state index contributed by atoms with van der Waals surface area (Å²) in [6, 6.07) is 14.9. The summed E-state index contributed by atoms with van der Waals surface area (Å²) in [6.45, 7) is 5.12. The molecule has 5 nitrogen and oxygen atoms in total. The van der Waals surface area contributed by atoms with Gasteiger partial charge in [-0.3, -0.25) is 0 Å². The molecular weight excluding hydrogens is 560 g/mol. The van der Waals surface area contributed by atoms with E-state index in [4.69, 9.17) is 16.6 Å². The van der Waals surface area contributed by atoms with Crippen molar-refractivity contribution >= 4 is 66.9 Å². The molecule has 204 valence electrons. The Morgan fingerprint density at radius 2 is 1.50 bits per heavy atom. The van der Waals surface area contributed by atoms with Gasteiger partial charge in [-0.1, -0.05) is 49.1 Å². The Morgan fingerprint density at radius 1 is 0.806 bits per heavy atom. The van der Waals surface area contributed by atoms with Gasteiger partial charge in [0, 0.05) is 48.2 Å². The number of unbranched alkanes of at least 4 members (excludes halogenated alkanes) is 1. The van der Waals surface area contributed by atoms with Crippen LogP contribution in [-0.4, -0.2) is 41.6 Å². The second-order valence-corrected chi connectivity index (χ2v) is 9.24. The third kappa shape index (κ3) is 10.9. The molecule has 1 aliphatic rings. The fourth-order valence-electron chi connectivity index (χ4n) is 4.48. The molecule has 3 aromatic rings. The molecule has 36 heavy (non-hydrogen) atoms. The maximum absolute atomic E-state index is 6.02. The van der Waals surface area contributed by atoms with Gasteiger partial charge in [-0.05, 0) is 63.0 Å². The van der Waals surface area contributed by atoms with E-state index in [0.717, 1.165) is 60.7 Å². The Morgan fingerprint density at radius 3 is 2.22 bits per heavy atom. The summed E-state index contributed by atoms with van der Waals surface area (Å²) in [6.07, 6.45) is 11.4. The van der Waals surface area contributed by atoms with E-state index < -0.39 is 0 Å². The average molecular weight is 600 g/mol. The largest absolute Gasteiger partial charge is 0.315 e. The Hall–Kier alpha value is -0.760. The highest BCUT2D eigenvalue weighted by molar-refractivity contribution is 6.30. The van der Waals surface area contributed by atoms with Crippen LogP contribution in [0.1, 0.15) is 50.6 Å². The first-order chi connectivity index (χ1) is 15.8. The molecule has 1 aromatic carbocycles. The van der Waals surface area contributed by atoms with E-state index in [0.29, 0.717) is 0 Å². The maximum atomic E-state index is 6.02. The van der Waals surface area contributed by atoms with Crippen molar-refractivity contribution in [1.29, 1.82) is 0 Å². The number of nitrogens with zero attached hydrogens (tertiary/aromatic N) is 2. The van der Waals surface area contributed by atoms with Gasteiger partial charge in [-0.15, -0.1) is 49.6 Å². The van der Waals surface area contributed by atoms with Crippen LogP contribution in [0.15, 0.2) is 48.7 Å². The first-order valence-electron chi connectivity index (χ1n) is 12.2. The second-order valence-electron chi connectivity index (χ2n) is 8.80. The molecule has 10 heteroatoms. The topological polar surface area (TPSA) is 53.4 Å². The monoisotopic (exact) mass is 597 g/mol. The SMILES string of the molecule is Cl.Cl.Cl.Cl.Clc1ccc(-c2cn3c(CNCCCCNCCNC4CCCCC4)cccc3n2)cc1. The summed E-state index contributed by atoms with van der Waals surface area (Å²) < 4.78 is 2.18. The highest BCUT2D eigenvalue weighted by atomic mass is 35.5. The van der Waals surface area contributed by atoms with Crippen LogP contribution >= 0.6 is 61.2 Å². The van der Waals surface area contributed by atoms with Gasteiger partial charge in [-0.25, -0.2) is 4.98 Å². The predicted molar refractivity (Wildman–Crippen MR) is 163 cm³/mol. The van der Waals surface area contributed by atoms with Gasteiger partial charge in [0.2, 0.25) is 0 Å². The third-order valence-electron chi connectivity index (χ3n) is 6.32. The molecule has 0 spiro atoms. The molecule has 0 amide bonds. The molecule has 2 heterocycles. The lowest BCUT2D eigenvalue weighted by atomic mass is 9.95. The number of imidazole rings is 1. The number of pyridine rings is 1. The molecule has 0 unspecified atom stereocenters. The van der Waals surface area contributed by atoms with Gasteiger partial charge >= 0.3 is 0 Å².